The minimum atomic E-state index is -1.46. The highest BCUT2D eigenvalue weighted by Gasteiger charge is 2.56. The first-order valence-electron chi connectivity index (χ1n) is 12.5. The number of primary amides is 2. The summed E-state index contributed by atoms with van der Waals surface area (Å²) in [5.41, 5.74) is 16.1. The SMILES string of the molecule is NC(=O)CO/N=C(\C(=O)N[C@@H]1C(=O)N2C(C(=O)[O-])=C(C[N+]34CCC(C(N)=O)(CC3)CC4)CS[C@H]12)c1csc(N)n1. The van der Waals surface area contributed by atoms with Gasteiger partial charge in [-0.3, -0.25) is 24.1 Å². The summed E-state index contributed by atoms with van der Waals surface area (Å²) in [6, 6.07) is -1.04. The number of hydrogen-bond donors (Lipinski definition) is 4. The third-order valence-electron chi connectivity index (χ3n) is 8.11. The van der Waals surface area contributed by atoms with E-state index in [9.17, 15) is 29.1 Å². The topological polar surface area (TPSA) is 236 Å². The number of aliphatic carboxylic acids is 1. The molecule has 0 unspecified atom stereocenters. The number of carbonyl (C=O) groups excluding carboxylic acids is 5. The van der Waals surface area contributed by atoms with Crippen molar-refractivity contribution in [2.24, 2.45) is 22.0 Å². The molecule has 0 aliphatic carbocycles. The number of nitrogens with two attached hydrogens (primary N) is 3. The van der Waals surface area contributed by atoms with E-state index < -0.39 is 47.1 Å². The van der Waals surface area contributed by atoms with Crippen LogP contribution in [0.15, 0.2) is 21.8 Å². The summed E-state index contributed by atoms with van der Waals surface area (Å²) < 4.78 is 0.635. The van der Waals surface area contributed by atoms with Crippen molar-refractivity contribution < 1.29 is 38.4 Å². The summed E-state index contributed by atoms with van der Waals surface area (Å²) >= 11 is 2.38. The number of amides is 4. The first-order chi connectivity index (χ1) is 19.0. The fourth-order valence-electron chi connectivity index (χ4n) is 5.84. The van der Waals surface area contributed by atoms with E-state index in [1.54, 1.807) is 0 Å². The maximum absolute atomic E-state index is 13.2. The van der Waals surface area contributed by atoms with Crippen LogP contribution in [-0.4, -0.2) is 99.6 Å². The molecule has 0 spiro atoms. The highest BCUT2D eigenvalue weighted by molar-refractivity contribution is 8.00. The number of β-lactam (4-membered cyclic amide) rings is 1. The molecule has 17 heteroatoms. The van der Waals surface area contributed by atoms with Gasteiger partial charge in [0.2, 0.25) is 5.91 Å². The molecule has 15 nitrogen and oxygen atoms in total. The van der Waals surface area contributed by atoms with E-state index in [2.05, 4.69) is 15.5 Å². The Kier molecular flexibility index (Phi) is 7.22. The van der Waals surface area contributed by atoms with Gasteiger partial charge in [-0.1, -0.05) is 5.16 Å². The molecule has 1 aromatic heterocycles. The van der Waals surface area contributed by atoms with Gasteiger partial charge in [0.15, 0.2) is 17.5 Å². The van der Waals surface area contributed by atoms with Crippen molar-refractivity contribution in [3.05, 3.63) is 22.3 Å². The Hall–Kier alpha value is -3.70. The standard InChI is InChI=1S/C23H28N8O7S2/c24-13(32)8-38-29-14(12-10-40-22(26)27-12)17(33)28-15-18(34)30-16(20(35)36)11(9-39-19(15)30)7-31-4-1-23(2-5-31,3-6-31)21(25)37/h10,15,19H,1-9H2,(H7-,24,25,26,27,28,32,33,35,36,37)/b29-14-/t15-,19-,23?,31?/m1/s1. The van der Waals surface area contributed by atoms with Gasteiger partial charge in [-0.05, 0) is 0 Å². The number of fused-ring (bicyclic) bond motifs is 4. The van der Waals surface area contributed by atoms with Gasteiger partial charge in [0.25, 0.3) is 17.7 Å². The molecular formula is C23H28N8O7S2. The van der Waals surface area contributed by atoms with Gasteiger partial charge < -0.3 is 41.7 Å². The van der Waals surface area contributed by atoms with Crippen LogP contribution in [0.3, 0.4) is 0 Å². The number of piperidine rings is 3. The molecule has 5 aliphatic heterocycles. The summed E-state index contributed by atoms with van der Waals surface area (Å²) in [4.78, 5) is 71.5. The number of nitrogen functional groups attached to an aromatic ring is 1. The van der Waals surface area contributed by atoms with E-state index >= 15 is 0 Å². The molecule has 2 atom stereocenters. The van der Waals surface area contributed by atoms with Crippen LogP contribution in [-0.2, 0) is 28.8 Å². The number of aromatic nitrogens is 1. The van der Waals surface area contributed by atoms with Crippen LogP contribution in [0.25, 0.3) is 0 Å². The van der Waals surface area contributed by atoms with Crippen molar-refractivity contribution in [1.29, 1.82) is 0 Å². The van der Waals surface area contributed by atoms with E-state index in [1.165, 1.54) is 17.1 Å². The zero-order chi connectivity index (χ0) is 28.8. The van der Waals surface area contributed by atoms with Crippen LogP contribution in [0, 0.1) is 5.41 Å². The lowest BCUT2D eigenvalue weighted by Crippen LogP contribution is -2.72. The first-order valence-corrected chi connectivity index (χ1v) is 14.4. The Morgan fingerprint density at radius 3 is 2.45 bits per heavy atom. The number of carboxylic acids is 1. The summed E-state index contributed by atoms with van der Waals surface area (Å²) in [6.45, 7) is 1.95. The van der Waals surface area contributed by atoms with Crippen LogP contribution < -0.4 is 27.6 Å². The van der Waals surface area contributed by atoms with E-state index in [-0.39, 0.29) is 28.1 Å². The summed E-state index contributed by atoms with van der Waals surface area (Å²) in [7, 11) is 0. The summed E-state index contributed by atoms with van der Waals surface area (Å²) in [5, 5.41) is 19.4. The van der Waals surface area contributed by atoms with Crippen LogP contribution >= 0.6 is 23.1 Å². The number of quaternary nitrogens is 1. The number of hydrogen-bond acceptors (Lipinski definition) is 12. The number of anilines is 1. The van der Waals surface area contributed by atoms with Crippen molar-refractivity contribution in [3.63, 3.8) is 0 Å². The molecule has 4 saturated heterocycles. The Labute approximate surface area is 236 Å². The third-order valence-corrected chi connectivity index (χ3v) is 10.1. The van der Waals surface area contributed by atoms with Crippen molar-refractivity contribution in [1.82, 2.24) is 15.2 Å². The summed E-state index contributed by atoms with van der Waals surface area (Å²) in [6.07, 6.45) is 1.96. The van der Waals surface area contributed by atoms with Crippen LogP contribution in [0.2, 0.25) is 0 Å². The van der Waals surface area contributed by atoms with Gasteiger partial charge in [0.1, 0.15) is 23.7 Å². The van der Waals surface area contributed by atoms with Crippen molar-refractivity contribution >= 4 is 63.5 Å². The maximum Gasteiger partial charge on any atom is 0.276 e. The second-order valence-electron chi connectivity index (χ2n) is 10.4. The third kappa shape index (κ3) is 4.88. The Morgan fingerprint density at radius 1 is 1.23 bits per heavy atom. The number of thiazole rings is 1. The van der Waals surface area contributed by atoms with Crippen molar-refractivity contribution in [2.75, 3.05) is 44.3 Å². The van der Waals surface area contributed by atoms with Crippen LogP contribution in [0.4, 0.5) is 5.13 Å². The molecule has 0 radical (unpaired) electrons. The molecule has 0 saturated carbocycles. The molecule has 214 valence electrons. The predicted octanol–water partition coefficient (Wildman–Crippen LogP) is -3.18. The molecule has 2 bridgehead atoms. The number of carbonyl (C=O) groups is 5. The Balaban J connectivity index is 1.31. The van der Waals surface area contributed by atoms with Gasteiger partial charge in [-0.15, -0.1) is 23.1 Å². The molecular weight excluding hydrogens is 564 g/mol. The molecule has 0 aromatic carbocycles. The van der Waals surface area contributed by atoms with E-state index in [4.69, 9.17) is 22.0 Å². The smallest absolute Gasteiger partial charge is 0.276 e. The van der Waals surface area contributed by atoms with E-state index in [1.807, 2.05) is 0 Å². The molecule has 7 N–H and O–H groups in total. The monoisotopic (exact) mass is 592 g/mol. The second-order valence-corrected chi connectivity index (χ2v) is 12.4. The number of thioether (sulfide) groups is 1. The zero-order valence-corrected chi connectivity index (χ0v) is 22.9. The van der Waals surface area contributed by atoms with Crippen molar-refractivity contribution in [3.8, 4) is 0 Å². The average Bonchev–Trinajstić information content (AvgIpc) is 3.35. The van der Waals surface area contributed by atoms with E-state index in [0.29, 0.717) is 61.3 Å². The number of rotatable bonds is 10. The average molecular weight is 593 g/mol. The minimum absolute atomic E-state index is 0.0688. The molecule has 1 aromatic rings. The van der Waals surface area contributed by atoms with Gasteiger partial charge >= 0.3 is 0 Å². The minimum Gasteiger partial charge on any atom is -0.543 e. The fraction of sp³-hybridized carbons (Fsp3) is 0.522. The van der Waals surface area contributed by atoms with Gasteiger partial charge in [-0.2, -0.15) is 0 Å². The Morgan fingerprint density at radius 2 is 1.90 bits per heavy atom. The van der Waals surface area contributed by atoms with Crippen LogP contribution in [0.1, 0.15) is 25.0 Å². The number of carboxylic acid groups (broad SMARTS) is 1. The molecule has 40 heavy (non-hydrogen) atoms. The summed E-state index contributed by atoms with van der Waals surface area (Å²) in [5.74, 6) is -3.65. The quantitative estimate of drug-likeness (QED) is 0.0919. The first kappa shape index (κ1) is 27.9. The molecule has 4 fully saturated rings. The van der Waals surface area contributed by atoms with E-state index in [0.717, 1.165) is 16.2 Å². The Bertz CT molecular complexity index is 1330. The van der Waals surface area contributed by atoms with Crippen molar-refractivity contribution in [2.45, 2.75) is 30.7 Å². The second kappa shape index (κ2) is 10.4. The number of nitrogens with one attached hydrogen (secondary N) is 1. The number of nitrogens with zero attached hydrogens (tertiary/aromatic N) is 4. The normalized spacial score (nSPS) is 29.4. The van der Waals surface area contributed by atoms with Gasteiger partial charge in [0.05, 0.1) is 36.7 Å². The predicted molar refractivity (Wildman–Crippen MR) is 140 cm³/mol. The highest BCUT2D eigenvalue weighted by atomic mass is 32.2. The maximum atomic E-state index is 13.2. The lowest BCUT2D eigenvalue weighted by Gasteiger charge is -2.55. The number of oxime groups is 1. The highest BCUT2D eigenvalue weighted by Crippen LogP contribution is 2.46. The molecule has 6 heterocycles. The largest absolute Gasteiger partial charge is 0.543 e. The molecule has 5 aliphatic rings. The lowest BCUT2D eigenvalue weighted by atomic mass is 9.70. The lowest BCUT2D eigenvalue weighted by molar-refractivity contribution is -0.940. The van der Waals surface area contributed by atoms with Gasteiger partial charge in [-0.25, -0.2) is 4.98 Å². The molecule has 6 rings (SSSR count). The van der Waals surface area contributed by atoms with Gasteiger partial charge in [0, 0.05) is 36.0 Å². The fourth-order valence-corrected chi connectivity index (χ4v) is 7.72. The molecule has 4 amide bonds. The zero-order valence-electron chi connectivity index (χ0n) is 21.3. The van der Waals surface area contributed by atoms with Crippen LogP contribution in [0.5, 0.6) is 0 Å².